The minimum atomic E-state index is -0.967. The average molecular weight is 278 g/mol. The molecule has 0 bridgehead atoms. The van der Waals surface area contributed by atoms with Crippen molar-refractivity contribution in [2.45, 2.75) is 13.3 Å². The minimum Gasteiger partial charge on any atom is -0.294 e. The van der Waals surface area contributed by atoms with Crippen LogP contribution in [0.4, 0.5) is 8.78 Å². The summed E-state index contributed by atoms with van der Waals surface area (Å²) in [5.74, 6) is -3.33. The molecule has 0 aliphatic rings. The maximum Gasteiger partial charge on any atom is 0.176 e. The summed E-state index contributed by atoms with van der Waals surface area (Å²) in [5, 5.41) is 3.98. The Bertz CT molecular complexity index is 672. The number of aromatic nitrogens is 2. The highest BCUT2D eigenvalue weighted by Crippen LogP contribution is 2.16. The Hall–Kier alpha value is -2.37. The average Bonchev–Trinajstić information content (AvgIpc) is 2.68. The topological polar surface area (TPSA) is 52.0 Å². The first kappa shape index (κ1) is 14.0. The van der Waals surface area contributed by atoms with Crippen molar-refractivity contribution >= 4 is 11.6 Å². The molecule has 104 valence electrons. The molecule has 1 aromatic heterocycles. The zero-order chi connectivity index (χ0) is 14.9. The van der Waals surface area contributed by atoms with E-state index in [0.717, 1.165) is 18.2 Å². The number of ketones is 2. The second-order valence-corrected chi connectivity index (χ2v) is 4.42. The third-order valence-corrected chi connectivity index (χ3v) is 2.88. The highest BCUT2D eigenvalue weighted by molar-refractivity contribution is 6.14. The molecular formula is C14H12F2N2O2. The molecule has 2 aromatic rings. The van der Waals surface area contributed by atoms with Crippen LogP contribution in [0.25, 0.3) is 0 Å². The number of nitrogens with zero attached hydrogens (tertiary/aromatic N) is 2. The van der Waals surface area contributed by atoms with Crippen molar-refractivity contribution in [1.82, 2.24) is 9.78 Å². The number of carbonyl (C=O) groups excluding carboxylic acids is 2. The van der Waals surface area contributed by atoms with Crippen LogP contribution >= 0.6 is 0 Å². The summed E-state index contributed by atoms with van der Waals surface area (Å²) in [7, 11) is 1.64. The fourth-order valence-electron chi connectivity index (χ4n) is 1.97. The third-order valence-electron chi connectivity index (χ3n) is 2.88. The van der Waals surface area contributed by atoms with Gasteiger partial charge in [0.05, 0.1) is 23.2 Å². The Morgan fingerprint density at radius 3 is 2.30 bits per heavy atom. The predicted octanol–water partition coefficient (Wildman–Crippen LogP) is 2.46. The van der Waals surface area contributed by atoms with Crippen molar-refractivity contribution < 1.29 is 18.4 Å². The molecule has 4 nitrogen and oxygen atoms in total. The highest BCUT2D eigenvalue weighted by Gasteiger charge is 2.22. The molecule has 0 saturated heterocycles. The maximum absolute atomic E-state index is 13.4. The molecule has 0 amide bonds. The van der Waals surface area contributed by atoms with E-state index in [9.17, 15) is 18.4 Å². The third kappa shape index (κ3) is 2.64. The molecule has 0 unspecified atom stereocenters. The van der Waals surface area contributed by atoms with Crippen LogP contribution in [0.15, 0.2) is 24.4 Å². The van der Waals surface area contributed by atoms with Crippen LogP contribution in [0.1, 0.15) is 32.8 Å². The largest absolute Gasteiger partial charge is 0.294 e. The summed E-state index contributed by atoms with van der Waals surface area (Å²) in [6.45, 7) is 1.63. The van der Waals surface area contributed by atoms with Gasteiger partial charge in [-0.05, 0) is 19.1 Å². The van der Waals surface area contributed by atoms with Crippen LogP contribution in [0, 0.1) is 18.6 Å². The van der Waals surface area contributed by atoms with Crippen molar-refractivity contribution in [1.29, 1.82) is 0 Å². The molecule has 6 heteroatoms. The van der Waals surface area contributed by atoms with Crippen molar-refractivity contribution in [2.75, 3.05) is 0 Å². The summed E-state index contributed by atoms with van der Waals surface area (Å²) in [6, 6.07) is 3.13. The fourth-order valence-corrected chi connectivity index (χ4v) is 1.97. The number of carbonyl (C=O) groups is 2. The quantitative estimate of drug-likeness (QED) is 0.637. The number of hydrogen-bond donors (Lipinski definition) is 0. The summed E-state index contributed by atoms with van der Waals surface area (Å²) in [6.07, 6.45) is 0.882. The van der Waals surface area contributed by atoms with Gasteiger partial charge in [-0.1, -0.05) is 6.07 Å². The van der Waals surface area contributed by atoms with E-state index < -0.39 is 35.2 Å². The Kier molecular flexibility index (Phi) is 3.74. The van der Waals surface area contributed by atoms with Gasteiger partial charge in [-0.2, -0.15) is 5.10 Å². The van der Waals surface area contributed by atoms with E-state index in [1.54, 1.807) is 14.0 Å². The minimum absolute atomic E-state index is 0.276. The van der Waals surface area contributed by atoms with Crippen LogP contribution in [-0.4, -0.2) is 21.3 Å². The number of Topliss-reactive ketones (excluding diaryl/α,β-unsaturated/α-hetero) is 2. The number of benzene rings is 1. The van der Waals surface area contributed by atoms with Crippen LogP contribution in [-0.2, 0) is 7.05 Å². The first-order valence-corrected chi connectivity index (χ1v) is 5.91. The van der Waals surface area contributed by atoms with Gasteiger partial charge in [0.25, 0.3) is 0 Å². The second-order valence-electron chi connectivity index (χ2n) is 4.42. The van der Waals surface area contributed by atoms with Crippen LogP contribution in [0.2, 0.25) is 0 Å². The van der Waals surface area contributed by atoms with Gasteiger partial charge >= 0.3 is 0 Å². The van der Waals surface area contributed by atoms with E-state index >= 15 is 0 Å². The molecule has 0 radical (unpaired) electrons. The fraction of sp³-hybridized carbons (Fsp3) is 0.214. The van der Waals surface area contributed by atoms with Gasteiger partial charge in [0, 0.05) is 13.2 Å². The SMILES string of the molecule is Cc1nn(C)cc1C(=O)CC(=O)c1c(F)cccc1F. The molecule has 0 aliphatic heterocycles. The van der Waals surface area contributed by atoms with Crippen molar-refractivity contribution in [2.24, 2.45) is 7.05 Å². The van der Waals surface area contributed by atoms with Crippen molar-refractivity contribution in [3.63, 3.8) is 0 Å². The number of aryl methyl sites for hydroxylation is 2. The molecule has 0 spiro atoms. The highest BCUT2D eigenvalue weighted by atomic mass is 19.1. The summed E-state index contributed by atoms with van der Waals surface area (Å²) >= 11 is 0. The number of hydrogen-bond acceptors (Lipinski definition) is 3. The molecule has 20 heavy (non-hydrogen) atoms. The van der Waals surface area contributed by atoms with E-state index in [2.05, 4.69) is 5.10 Å². The van der Waals surface area contributed by atoms with E-state index in [1.165, 1.54) is 10.9 Å². The smallest absolute Gasteiger partial charge is 0.176 e. The van der Waals surface area contributed by atoms with Gasteiger partial charge in [-0.15, -0.1) is 0 Å². The maximum atomic E-state index is 13.4. The second kappa shape index (κ2) is 5.32. The molecular weight excluding hydrogens is 266 g/mol. The Balaban J connectivity index is 2.24. The first-order valence-electron chi connectivity index (χ1n) is 5.91. The van der Waals surface area contributed by atoms with Gasteiger partial charge in [-0.3, -0.25) is 14.3 Å². The summed E-state index contributed by atoms with van der Waals surface area (Å²) in [5.41, 5.74) is 0.0688. The summed E-state index contributed by atoms with van der Waals surface area (Å²) < 4.78 is 28.3. The lowest BCUT2D eigenvalue weighted by molar-refractivity contribution is 0.0889. The van der Waals surface area contributed by atoms with Crippen LogP contribution in [0.3, 0.4) is 0 Å². The Morgan fingerprint density at radius 1 is 1.20 bits per heavy atom. The van der Waals surface area contributed by atoms with E-state index in [4.69, 9.17) is 0 Å². The summed E-state index contributed by atoms with van der Waals surface area (Å²) in [4.78, 5) is 23.8. The zero-order valence-corrected chi connectivity index (χ0v) is 11.0. The number of rotatable bonds is 4. The molecule has 0 N–H and O–H groups in total. The van der Waals surface area contributed by atoms with Gasteiger partial charge in [-0.25, -0.2) is 8.78 Å². The molecule has 2 rings (SSSR count). The lowest BCUT2D eigenvalue weighted by Crippen LogP contribution is -2.12. The Labute approximate surface area is 114 Å². The first-order chi connectivity index (χ1) is 9.40. The predicted molar refractivity (Wildman–Crippen MR) is 67.6 cm³/mol. The van der Waals surface area contributed by atoms with Crippen molar-refractivity contribution in [3.8, 4) is 0 Å². The van der Waals surface area contributed by atoms with Crippen LogP contribution in [0.5, 0.6) is 0 Å². The van der Waals surface area contributed by atoms with E-state index in [1.807, 2.05) is 0 Å². The normalized spacial score (nSPS) is 10.6. The lowest BCUT2D eigenvalue weighted by Gasteiger charge is -2.03. The Morgan fingerprint density at radius 2 is 1.80 bits per heavy atom. The number of halogens is 2. The standard InChI is InChI=1S/C14H12F2N2O2/c1-8-9(7-18(2)17-8)12(19)6-13(20)14-10(15)4-3-5-11(14)16/h3-5,7H,6H2,1-2H3. The molecule has 0 fully saturated rings. The van der Waals surface area contributed by atoms with Gasteiger partial charge < -0.3 is 0 Å². The lowest BCUT2D eigenvalue weighted by atomic mass is 10.0. The van der Waals surface area contributed by atoms with Gasteiger partial charge in [0.15, 0.2) is 11.6 Å². The van der Waals surface area contributed by atoms with Crippen LogP contribution < -0.4 is 0 Å². The van der Waals surface area contributed by atoms with Gasteiger partial charge in [0.1, 0.15) is 11.6 Å². The van der Waals surface area contributed by atoms with E-state index in [-0.39, 0.29) is 5.56 Å². The van der Waals surface area contributed by atoms with Crippen molar-refractivity contribution in [3.05, 3.63) is 52.9 Å². The van der Waals surface area contributed by atoms with Gasteiger partial charge in [0.2, 0.25) is 0 Å². The molecule has 0 aliphatic carbocycles. The zero-order valence-electron chi connectivity index (χ0n) is 11.0. The van der Waals surface area contributed by atoms with E-state index in [0.29, 0.717) is 5.69 Å². The molecule has 0 saturated carbocycles. The molecule has 1 aromatic carbocycles. The molecule has 0 atom stereocenters. The monoisotopic (exact) mass is 278 g/mol. The molecule has 1 heterocycles.